The lowest BCUT2D eigenvalue weighted by Gasteiger charge is -2.23. The minimum Gasteiger partial charge on any atom is -0.481 e. The second-order valence-electron chi connectivity index (χ2n) is 7.66. The molecule has 0 saturated heterocycles. The number of amides is 1. The molecule has 3 rings (SSSR count). The van der Waals surface area contributed by atoms with Gasteiger partial charge in [0.25, 0.3) is 11.5 Å². The average Bonchev–Trinajstić information content (AvgIpc) is 2.68. The van der Waals surface area contributed by atoms with E-state index in [2.05, 4.69) is 29.9 Å². The third-order valence-electron chi connectivity index (χ3n) is 4.96. The number of likely N-dealkylation sites (N-methyl/N-ethyl adjacent to an activating group) is 1. The Morgan fingerprint density at radius 3 is 2.62 bits per heavy atom. The van der Waals surface area contributed by atoms with Gasteiger partial charge in [0.05, 0.1) is 17.4 Å². The van der Waals surface area contributed by atoms with E-state index in [0.717, 1.165) is 11.1 Å². The van der Waals surface area contributed by atoms with Gasteiger partial charge in [0.15, 0.2) is 6.10 Å². The maximum Gasteiger partial charge on any atom is 0.263 e. The summed E-state index contributed by atoms with van der Waals surface area (Å²) in [4.78, 5) is 33.8. The Morgan fingerprint density at radius 1 is 1.17 bits per heavy atom. The number of nitrogens with one attached hydrogen (secondary N) is 1. The van der Waals surface area contributed by atoms with E-state index < -0.39 is 6.10 Å². The Bertz CT molecular complexity index is 1090. The fraction of sp³-hybridized carbons (Fsp3) is 0.348. The molecule has 0 unspecified atom stereocenters. The summed E-state index contributed by atoms with van der Waals surface area (Å²) in [6, 6.07) is 13.2. The molecule has 3 aromatic rings. The number of H-pyrrole nitrogens is 1. The molecule has 1 amide bonds. The lowest BCUT2D eigenvalue weighted by atomic mass is 10.0. The number of hydrogen-bond donors (Lipinski definition) is 1. The third kappa shape index (κ3) is 4.65. The van der Waals surface area contributed by atoms with Gasteiger partial charge in [-0.1, -0.05) is 38.1 Å². The number of carbonyl (C=O) groups is 1. The van der Waals surface area contributed by atoms with Crippen LogP contribution in [0, 0.1) is 6.92 Å². The quantitative estimate of drug-likeness (QED) is 0.692. The van der Waals surface area contributed by atoms with Crippen molar-refractivity contribution in [3.8, 4) is 5.75 Å². The van der Waals surface area contributed by atoms with E-state index >= 15 is 0 Å². The maximum atomic E-state index is 12.8. The summed E-state index contributed by atoms with van der Waals surface area (Å²) < 4.78 is 5.97. The van der Waals surface area contributed by atoms with Crippen molar-refractivity contribution in [1.82, 2.24) is 14.9 Å². The van der Waals surface area contributed by atoms with Crippen molar-refractivity contribution in [3.05, 3.63) is 69.8 Å². The Hall–Kier alpha value is -3.15. The molecular formula is C23H27N3O3. The number of benzene rings is 2. The van der Waals surface area contributed by atoms with Crippen LogP contribution in [-0.2, 0) is 11.3 Å². The molecule has 0 aliphatic rings. The molecule has 1 N–H and O–H groups in total. The number of ether oxygens (including phenoxy) is 1. The fourth-order valence-corrected chi connectivity index (χ4v) is 3.17. The Kier molecular flexibility index (Phi) is 6.01. The van der Waals surface area contributed by atoms with Gasteiger partial charge >= 0.3 is 0 Å². The summed E-state index contributed by atoms with van der Waals surface area (Å²) in [7, 11) is 1.68. The number of para-hydroxylation sites is 1. The van der Waals surface area contributed by atoms with E-state index in [1.165, 1.54) is 4.90 Å². The van der Waals surface area contributed by atoms with Crippen molar-refractivity contribution < 1.29 is 9.53 Å². The fourth-order valence-electron chi connectivity index (χ4n) is 3.17. The molecule has 29 heavy (non-hydrogen) atoms. The van der Waals surface area contributed by atoms with Crippen LogP contribution in [0.3, 0.4) is 0 Å². The summed E-state index contributed by atoms with van der Waals surface area (Å²) in [6.45, 7) is 8.13. The van der Waals surface area contributed by atoms with Crippen LogP contribution in [-0.4, -0.2) is 33.9 Å². The molecule has 0 aliphatic carbocycles. The molecule has 1 aromatic heterocycles. The monoisotopic (exact) mass is 393 g/mol. The van der Waals surface area contributed by atoms with Crippen molar-refractivity contribution in [2.75, 3.05) is 7.05 Å². The maximum absolute atomic E-state index is 12.8. The number of fused-ring (bicyclic) bond motifs is 1. The van der Waals surface area contributed by atoms with Crippen molar-refractivity contribution in [3.63, 3.8) is 0 Å². The SMILES string of the molecule is Cc1ccc(C(C)C)cc1O[C@H](C)C(=O)N(C)Cc1nc2ccccc2c(=O)[nH]1. The second-order valence-corrected chi connectivity index (χ2v) is 7.66. The Balaban J connectivity index is 1.73. The molecule has 0 spiro atoms. The highest BCUT2D eigenvalue weighted by molar-refractivity contribution is 5.81. The largest absolute Gasteiger partial charge is 0.481 e. The first kappa shape index (κ1) is 20.6. The van der Waals surface area contributed by atoms with Crippen molar-refractivity contribution in [1.29, 1.82) is 0 Å². The molecule has 0 radical (unpaired) electrons. The summed E-state index contributed by atoms with van der Waals surface area (Å²) in [6.07, 6.45) is -0.659. The molecule has 152 valence electrons. The molecule has 1 heterocycles. The highest BCUT2D eigenvalue weighted by Crippen LogP contribution is 2.25. The first-order valence-corrected chi connectivity index (χ1v) is 9.76. The van der Waals surface area contributed by atoms with Crippen LogP contribution in [0.25, 0.3) is 10.9 Å². The zero-order valence-electron chi connectivity index (χ0n) is 17.5. The minimum absolute atomic E-state index is 0.185. The van der Waals surface area contributed by atoms with Crippen LogP contribution in [0.1, 0.15) is 43.6 Å². The molecule has 0 bridgehead atoms. The third-order valence-corrected chi connectivity index (χ3v) is 4.96. The molecule has 0 saturated carbocycles. The summed E-state index contributed by atoms with van der Waals surface area (Å²) >= 11 is 0. The molecule has 1 atom stereocenters. The lowest BCUT2D eigenvalue weighted by Crippen LogP contribution is -2.38. The lowest BCUT2D eigenvalue weighted by molar-refractivity contribution is -0.137. The predicted molar refractivity (Wildman–Crippen MR) is 114 cm³/mol. The van der Waals surface area contributed by atoms with Crippen molar-refractivity contribution in [2.24, 2.45) is 0 Å². The van der Waals surface area contributed by atoms with Crippen LogP contribution in [0.15, 0.2) is 47.3 Å². The Morgan fingerprint density at radius 2 is 1.90 bits per heavy atom. The van der Waals surface area contributed by atoms with Crippen LogP contribution in [0.4, 0.5) is 0 Å². The van der Waals surface area contributed by atoms with E-state index in [9.17, 15) is 9.59 Å². The normalized spacial score (nSPS) is 12.2. The standard InChI is InChI=1S/C23H27N3O3/c1-14(2)17-11-10-15(3)20(12-17)29-16(4)23(28)26(5)13-21-24-19-9-7-6-8-18(19)22(27)25-21/h6-12,14,16H,13H2,1-5H3,(H,24,25,27)/t16-/m1/s1. The number of rotatable bonds is 6. The van der Waals surface area contributed by atoms with E-state index in [4.69, 9.17) is 4.74 Å². The molecule has 6 nitrogen and oxygen atoms in total. The minimum atomic E-state index is -0.659. The Labute approximate surface area is 170 Å². The topological polar surface area (TPSA) is 75.3 Å². The number of aromatic nitrogens is 2. The highest BCUT2D eigenvalue weighted by Gasteiger charge is 2.21. The van der Waals surface area contributed by atoms with Gasteiger partial charge in [0.2, 0.25) is 0 Å². The first-order valence-electron chi connectivity index (χ1n) is 9.76. The number of hydrogen-bond acceptors (Lipinski definition) is 4. The van der Waals surface area contributed by atoms with Gasteiger partial charge < -0.3 is 14.6 Å². The number of aromatic amines is 1. The average molecular weight is 393 g/mol. The summed E-state index contributed by atoms with van der Waals surface area (Å²) in [5, 5.41) is 0.530. The zero-order valence-corrected chi connectivity index (χ0v) is 17.5. The van der Waals surface area contributed by atoms with E-state index in [1.54, 1.807) is 32.2 Å². The summed E-state index contributed by atoms with van der Waals surface area (Å²) in [5.41, 5.74) is 2.54. The van der Waals surface area contributed by atoms with E-state index in [-0.39, 0.29) is 18.0 Å². The first-order chi connectivity index (χ1) is 13.8. The van der Waals surface area contributed by atoms with Gasteiger partial charge in [-0.25, -0.2) is 4.98 Å². The number of nitrogens with zero attached hydrogens (tertiary/aromatic N) is 2. The van der Waals surface area contributed by atoms with Crippen molar-refractivity contribution in [2.45, 2.75) is 46.3 Å². The second kappa shape index (κ2) is 8.47. The number of carbonyl (C=O) groups excluding carboxylic acids is 1. The van der Waals surface area contributed by atoms with Gasteiger partial charge in [0, 0.05) is 7.05 Å². The zero-order chi connectivity index (χ0) is 21.1. The molecule has 0 fully saturated rings. The number of aryl methyl sites for hydroxylation is 1. The van der Waals surface area contributed by atoms with Crippen LogP contribution in [0.2, 0.25) is 0 Å². The van der Waals surface area contributed by atoms with E-state index in [1.807, 2.05) is 25.1 Å². The summed E-state index contributed by atoms with van der Waals surface area (Å²) in [5.74, 6) is 1.34. The van der Waals surface area contributed by atoms with Crippen LogP contribution >= 0.6 is 0 Å². The van der Waals surface area contributed by atoms with Gasteiger partial charge in [-0.05, 0) is 49.1 Å². The molecular weight excluding hydrogens is 366 g/mol. The smallest absolute Gasteiger partial charge is 0.263 e. The van der Waals surface area contributed by atoms with Gasteiger partial charge in [-0.3, -0.25) is 9.59 Å². The van der Waals surface area contributed by atoms with Gasteiger partial charge in [0.1, 0.15) is 11.6 Å². The van der Waals surface area contributed by atoms with Crippen molar-refractivity contribution >= 4 is 16.8 Å². The highest BCUT2D eigenvalue weighted by atomic mass is 16.5. The molecule has 6 heteroatoms. The predicted octanol–water partition coefficient (Wildman–Crippen LogP) is 3.78. The van der Waals surface area contributed by atoms with Crippen LogP contribution < -0.4 is 10.3 Å². The van der Waals surface area contributed by atoms with Gasteiger partial charge in [-0.2, -0.15) is 0 Å². The van der Waals surface area contributed by atoms with Gasteiger partial charge in [-0.15, -0.1) is 0 Å². The van der Waals surface area contributed by atoms with E-state index in [0.29, 0.717) is 28.4 Å². The molecule has 0 aliphatic heterocycles. The van der Waals surface area contributed by atoms with Crippen LogP contribution in [0.5, 0.6) is 5.75 Å². The molecule has 2 aromatic carbocycles.